The van der Waals surface area contributed by atoms with E-state index in [4.69, 9.17) is 4.74 Å². The summed E-state index contributed by atoms with van der Waals surface area (Å²) in [4.78, 5) is 12.4. The molecular weight excluding hydrogens is 288 g/mol. The number of hydrogen-bond acceptors (Lipinski definition) is 3. The second kappa shape index (κ2) is 6.90. The topological polar surface area (TPSA) is 46.5 Å². The third-order valence-electron chi connectivity index (χ3n) is 5.27. The van der Waals surface area contributed by atoms with E-state index < -0.39 is 5.60 Å². The Morgan fingerprint density at radius 2 is 2.00 bits per heavy atom. The van der Waals surface area contributed by atoms with Crippen molar-refractivity contribution in [3.05, 3.63) is 23.8 Å². The first-order chi connectivity index (χ1) is 10.6. The quantitative estimate of drug-likeness (QED) is 0.736. The lowest BCUT2D eigenvalue weighted by Crippen LogP contribution is -2.32. The molecule has 1 saturated heterocycles. The Balaban J connectivity index is 2.29. The smallest absolute Gasteiger partial charge is 0.138 e. The molecule has 0 unspecified atom stereocenters. The number of carbonyl (C=O) groups excluding carboxylic acids is 1. The van der Waals surface area contributed by atoms with Crippen molar-refractivity contribution in [2.75, 3.05) is 0 Å². The van der Waals surface area contributed by atoms with Gasteiger partial charge in [-0.15, -0.1) is 0 Å². The summed E-state index contributed by atoms with van der Waals surface area (Å²) in [6, 6.07) is 0. The van der Waals surface area contributed by atoms with Gasteiger partial charge in [-0.3, -0.25) is 4.79 Å². The predicted molar refractivity (Wildman–Crippen MR) is 93.2 cm³/mol. The zero-order chi connectivity index (χ0) is 17.3. The Morgan fingerprint density at radius 3 is 2.65 bits per heavy atom. The third-order valence-corrected chi connectivity index (χ3v) is 5.27. The number of aliphatic hydroxyl groups is 1. The Bertz CT molecular complexity index is 501. The Hall–Kier alpha value is -0.930. The number of rotatable bonds is 1. The van der Waals surface area contributed by atoms with Crippen LogP contribution in [-0.4, -0.2) is 28.2 Å². The molecule has 2 bridgehead atoms. The molecule has 3 heteroatoms. The first-order valence-electron chi connectivity index (χ1n) is 8.88. The standard InChI is InChI=1S/C20H32O3/c1-14(2)16-7-6-15(3)18-9-11-20(5,23-18)13-17(21)12-19(4,22)10-8-16/h6,8,10,14,16,18,22H,7,9,11-13H2,1-5H3/b10-8+,15-6+/t16-,18+,19-,20+/m1/s1. The van der Waals surface area contributed by atoms with Gasteiger partial charge in [0.15, 0.2) is 0 Å². The molecule has 2 rings (SSSR count). The van der Waals surface area contributed by atoms with Gasteiger partial charge in [-0.2, -0.15) is 0 Å². The molecule has 0 aliphatic carbocycles. The van der Waals surface area contributed by atoms with Crippen molar-refractivity contribution in [2.45, 2.75) is 84.0 Å². The normalized spacial score (nSPS) is 43.3. The first-order valence-corrected chi connectivity index (χ1v) is 8.88. The lowest BCUT2D eigenvalue weighted by Gasteiger charge is -2.26. The van der Waals surface area contributed by atoms with Crippen molar-refractivity contribution in [3.8, 4) is 0 Å². The molecule has 0 spiro atoms. The Morgan fingerprint density at radius 1 is 1.30 bits per heavy atom. The summed E-state index contributed by atoms with van der Waals surface area (Å²) in [7, 11) is 0. The molecular formula is C20H32O3. The van der Waals surface area contributed by atoms with Crippen molar-refractivity contribution in [1.82, 2.24) is 0 Å². The van der Waals surface area contributed by atoms with Crippen LogP contribution in [0.3, 0.4) is 0 Å². The minimum atomic E-state index is -1.08. The third kappa shape index (κ3) is 5.02. The Kier molecular flexibility index (Phi) is 5.52. The first kappa shape index (κ1) is 18.4. The molecule has 0 amide bonds. The molecule has 130 valence electrons. The van der Waals surface area contributed by atoms with Crippen LogP contribution in [0, 0.1) is 11.8 Å². The van der Waals surface area contributed by atoms with E-state index in [1.807, 2.05) is 13.0 Å². The summed E-state index contributed by atoms with van der Waals surface area (Å²) >= 11 is 0. The van der Waals surface area contributed by atoms with Crippen LogP contribution in [0.4, 0.5) is 0 Å². The van der Waals surface area contributed by atoms with Crippen molar-refractivity contribution < 1.29 is 14.6 Å². The summed E-state index contributed by atoms with van der Waals surface area (Å²) in [5.74, 6) is 0.923. The van der Waals surface area contributed by atoms with Crippen LogP contribution in [-0.2, 0) is 9.53 Å². The molecule has 0 aromatic heterocycles. The van der Waals surface area contributed by atoms with Gasteiger partial charge in [0.25, 0.3) is 0 Å². The van der Waals surface area contributed by atoms with Gasteiger partial charge in [0.1, 0.15) is 5.78 Å². The lowest BCUT2D eigenvalue weighted by molar-refractivity contribution is -0.128. The molecule has 4 atom stereocenters. The monoisotopic (exact) mass is 320 g/mol. The lowest BCUT2D eigenvalue weighted by atomic mass is 9.86. The number of allylic oxidation sites excluding steroid dienone is 2. The molecule has 2 aliphatic rings. The number of carbonyl (C=O) groups is 1. The summed E-state index contributed by atoms with van der Waals surface area (Å²) in [5, 5.41) is 10.5. The highest BCUT2D eigenvalue weighted by atomic mass is 16.5. The van der Waals surface area contributed by atoms with Crippen LogP contribution in [0.25, 0.3) is 0 Å². The van der Waals surface area contributed by atoms with Gasteiger partial charge in [-0.05, 0) is 57.4 Å². The maximum Gasteiger partial charge on any atom is 0.138 e. The summed E-state index contributed by atoms with van der Waals surface area (Å²) < 4.78 is 6.22. The average molecular weight is 320 g/mol. The van der Waals surface area contributed by atoms with Crippen LogP contribution in [0.2, 0.25) is 0 Å². The van der Waals surface area contributed by atoms with E-state index in [1.165, 1.54) is 5.57 Å². The molecule has 23 heavy (non-hydrogen) atoms. The molecule has 1 N–H and O–H groups in total. The maximum atomic E-state index is 12.4. The summed E-state index contributed by atoms with van der Waals surface area (Å²) in [6.45, 7) is 10.3. The predicted octanol–water partition coefficient (Wildman–Crippen LogP) is 4.20. The van der Waals surface area contributed by atoms with Crippen LogP contribution in [0.5, 0.6) is 0 Å². The maximum absolute atomic E-state index is 12.4. The van der Waals surface area contributed by atoms with Crippen molar-refractivity contribution in [3.63, 3.8) is 0 Å². The molecule has 0 aromatic carbocycles. The van der Waals surface area contributed by atoms with E-state index >= 15 is 0 Å². The molecule has 1 fully saturated rings. The van der Waals surface area contributed by atoms with E-state index in [0.717, 1.165) is 19.3 Å². The Labute approximate surface area is 140 Å². The van der Waals surface area contributed by atoms with Gasteiger partial charge < -0.3 is 9.84 Å². The van der Waals surface area contributed by atoms with E-state index in [2.05, 4.69) is 32.9 Å². The molecule has 0 saturated carbocycles. The van der Waals surface area contributed by atoms with Crippen LogP contribution in [0.1, 0.15) is 66.7 Å². The van der Waals surface area contributed by atoms with Crippen LogP contribution in [0.15, 0.2) is 23.8 Å². The van der Waals surface area contributed by atoms with Crippen molar-refractivity contribution in [1.29, 1.82) is 0 Å². The van der Waals surface area contributed by atoms with Gasteiger partial charge in [0, 0.05) is 12.8 Å². The fourth-order valence-electron chi connectivity index (χ4n) is 3.64. The van der Waals surface area contributed by atoms with E-state index in [0.29, 0.717) is 18.3 Å². The number of fused-ring (bicyclic) bond motifs is 2. The number of ether oxygens (including phenoxy) is 1. The fourth-order valence-corrected chi connectivity index (χ4v) is 3.64. The minimum absolute atomic E-state index is 0.0739. The van der Waals surface area contributed by atoms with Crippen LogP contribution >= 0.6 is 0 Å². The fraction of sp³-hybridized carbons (Fsp3) is 0.750. The van der Waals surface area contributed by atoms with Crippen LogP contribution < -0.4 is 0 Å². The largest absolute Gasteiger partial charge is 0.386 e. The number of hydrogen-bond donors (Lipinski definition) is 1. The van der Waals surface area contributed by atoms with Gasteiger partial charge in [-0.1, -0.05) is 32.1 Å². The van der Waals surface area contributed by atoms with Gasteiger partial charge in [0.2, 0.25) is 0 Å². The molecule has 2 aliphatic heterocycles. The van der Waals surface area contributed by atoms with E-state index in [-0.39, 0.29) is 23.9 Å². The second-order valence-electron chi connectivity index (χ2n) is 8.30. The van der Waals surface area contributed by atoms with Crippen molar-refractivity contribution in [2.24, 2.45) is 11.8 Å². The highest BCUT2D eigenvalue weighted by Crippen LogP contribution is 2.37. The second-order valence-corrected chi connectivity index (χ2v) is 8.30. The zero-order valence-electron chi connectivity index (χ0n) is 15.3. The molecule has 0 aromatic rings. The highest BCUT2D eigenvalue weighted by molar-refractivity contribution is 5.80. The minimum Gasteiger partial charge on any atom is -0.386 e. The zero-order valence-corrected chi connectivity index (χ0v) is 15.3. The summed E-state index contributed by atoms with van der Waals surface area (Å²) in [6.07, 6.45) is 9.67. The van der Waals surface area contributed by atoms with Crippen molar-refractivity contribution >= 4 is 5.78 Å². The number of Topliss-reactive ketones (excluding diaryl/α,β-unsaturated/α-hetero) is 1. The highest BCUT2D eigenvalue weighted by Gasteiger charge is 2.39. The SMILES string of the molecule is C/C1=C\C[C@@H](C(C)C)/C=C/[C@@](C)(O)CC(=O)C[C@]2(C)CC[C@@H]1O2. The van der Waals surface area contributed by atoms with Gasteiger partial charge >= 0.3 is 0 Å². The average Bonchev–Trinajstić information content (AvgIpc) is 2.78. The van der Waals surface area contributed by atoms with E-state index in [9.17, 15) is 9.90 Å². The molecule has 3 nitrogen and oxygen atoms in total. The van der Waals surface area contributed by atoms with Gasteiger partial charge in [-0.25, -0.2) is 0 Å². The molecule has 2 heterocycles. The van der Waals surface area contributed by atoms with E-state index in [1.54, 1.807) is 6.92 Å². The molecule has 0 radical (unpaired) electrons. The van der Waals surface area contributed by atoms with Gasteiger partial charge in [0.05, 0.1) is 17.3 Å². The number of ketones is 1. The summed E-state index contributed by atoms with van der Waals surface area (Å²) in [5.41, 5.74) is -0.195.